The number of aliphatic hydroxyl groups excluding tert-OH is 1. The molecule has 0 aliphatic carbocycles. The Morgan fingerprint density at radius 2 is 1.71 bits per heavy atom. The predicted octanol–water partition coefficient (Wildman–Crippen LogP) is 7.50. The van der Waals surface area contributed by atoms with Gasteiger partial charge in [0.25, 0.3) is 5.78 Å². The van der Waals surface area contributed by atoms with Crippen molar-refractivity contribution < 1.29 is 24.2 Å². The summed E-state index contributed by atoms with van der Waals surface area (Å²) >= 11 is 2.77. The molecule has 1 N–H and O–H groups in total. The van der Waals surface area contributed by atoms with E-state index in [0.717, 1.165) is 10.9 Å². The number of hydrogen-bond donors (Lipinski definition) is 1. The maximum Gasteiger partial charge on any atom is 0.301 e. The van der Waals surface area contributed by atoms with E-state index < -0.39 is 17.7 Å². The minimum Gasteiger partial charge on any atom is -0.507 e. The summed E-state index contributed by atoms with van der Waals surface area (Å²) in [5.41, 5.74) is 3.29. The van der Waals surface area contributed by atoms with Crippen LogP contribution in [0.5, 0.6) is 11.5 Å². The monoisotopic (exact) mass is 635 g/mol. The van der Waals surface area contributed by atoms with Crippen molar-refractivity contribution in [2.75, 3.05) is 18.1 Å². The first kappa shape index (κ1) is 29.1. The second-order valence-corrected chi connectivity index (χ2v) is 13.3. The molecule has 1 amide bonds. The van der Waals surface area contributed by atoms with Crippen LogP contribution >= 0.6 is 23.1 Å². The molecule has 0 bridgehead atoms. The summed E-state index contributed by atoms with van der Waals surface area (Å²) in [5.74, 6) is 0.137. The van der Waals surface area contributed by atoms with Crippen LogP contribution in [-0.2, 0) is 15.3 Å². The first-order valence-electron chi connectivity index (χ1n) is 14.6. The Labute approximate surface area is 268 Å². The summed E-state index contributed by atoms with van der Waals surface area (Å²) in [6, 6.07) is 26.3. The molecule has 0 radical (unpaired) electrons. The summed E-state index contributed by atoms with van der Waals surface area (Å²) in [4.78, 5) is 28.7. The van der Waals surface area contributed by atoms with Crippen LogP contribution in [-0.4, -0.2) is 40.2 Å². The molecule has 3 heterocycles. The van der Waals surface area contributed by atoms with Gasteiger partial charge in [-0.05, 0) is 51.6 Å². The number of benzene rings is 4. The SMILES string of the molecule is CC(C)c1ccc([C@@H]2C(=C(O)c3ccc4c(c3)OCCO4)C(=O)C(=O)N2c2nnc(SCc3cccc4ccccc34)s2)cc1. The largest absolute Gasteiger partial charge is 0.507 e. The van der Waals surface area contributed by atoms with Gasteiger partial charge in [-0.3, -0.25) is 14.5 Å². The molecule has 1 fully saturated rings. The number of carbonyl (C=O) groups excluding carboxylic acids is 2. The molecule has 4 aromatic carbocycles. The zero-order valence-electron chi connectivity index (χ0n) is 24.6. The van der Waals surface area contributed by atoms with Crippen molar-refractivity contribution in [1.29, 1.82) is 0 Å². The van der Waals surface area contributed by atoms with Gasteiger partial charge in [0.05, 0.1) is 11.6 Å². The second kappa shape index (κ2) is 12.0. The molecule has 2 aliphatic heterocycles. The Hall–Kier alpha value is -4.67. The number of ether oxygens (including phenoxy) is 2. The van der Waals surface area contributed by atoms with Gasteiger partial charge in [0.2, 0.25) is 5.13 Å². The van der Waals surface area contributed by atoms with Crippen LogP contribution < -0.4 is 14.4 Å². The van der Waals surface area contributed by atoms with E-state index >= 15 is 0 Å². The summed E-state index contributed by atoms with van der Waals surface area (Å²) < 4.78 is 12.0. The Balaban J connectivity index is 1.26. The third kappa shape index (κ3) is 5.44. The van der Waals surface area contributed by atoms with Crippen molar-refractivity contribution in [2.45, 2.75) is 35.9 Å². The van der Waals surface area contributed by atoms with Crippen molar-refractivity contribution in [3.63, 3.8) is 0 Å². The summed E-state index contributed by atoms with van der Waals surface area (Å²) in [6.45, 7) is 5.00. The average molecular weight is 636 g/mol. The number of aliphatic hydroxyl groups is 1. The number of Topliss-reactive ketones (excluding diaryl/α,β-unsaturated/α-hetero) is 1. The molecule has 7 rings (SSSR count). The van der Waals surface area contributed by atoms with Gasteiger partial charge in [-0.25, -0.2) is 0 Å². The molecule has 1 atom stereocenters. The second-order valence-electron chi connectivity index (χ2n) is 11.1. The van der Waals surface area contributed by atoms with E-state index in [9.17, 15) is 14.7 Å². The van der Waals surface area contributed by atoms with Gasteiger partial charge in [0, 0.05) is 11.3 Å². The Kier molecular flexibility index (Phi) is 7.76. The smallest absolute Gasteiger partial charge is 0.301 e. The average Bonchev–Trinajstić information content (AvgIpc) is 3.64. The van der Waals surface area contributed by atoms with Gasteiger partial charge < -0.3 is 14.6 Å². The van der Waals surface area contributed by atoms with E-state index in [1.807, 2.05) is 42.5 Å². The number of hydrogen-bond acceptors (Lipinski definition) is 9. The number of ketones is 1. The fourth-order valence-electron chi connectivity index (χ4n) is 5.67. The van der Waals surface area contributed by atoms with E-state index in [0.29, 0.717) is 51.9 Å². The van der Waals surface area contributed by atoms with E-state index in [2.05, 4.69) is 48.3 Å². The first-order chi connectivity index (χ1) is 21.9. The molecule has 226 valence electrons. The number of carbonyl (C=O) groups is 2. The van der Waals surface area contributed by atoms with Gasteiger partial charge in [-0.15, -0.1) is 10.2 Å². The quantitative estimate of drug-likeness (QED) is 0.0645. The number of anilines is 1. The lowest BCUT2D eigenvalue weighted by atomic mass is 9.93. The Bertz CT molecular complexity index is 1960. The van der Waals surface area contributed by atoms with Gasteiger partial charge in [0.1, 0.15) is 19.0 Å². The molecule has 45 heavy (non-hydrogen) atoms. The lowest BCUT2D eigenvalue weighted by Crippen LogP contribution is -2.29. The lowest BCUT2D eigenvalue weighted by molar-refractivity contribution is -0.132. The molecule has 1 aromatic heterocycles. The van der Waals surface area contributed by atoms with Crippen molar-refractivity contribution >= 4 is 56.5 Å². The minimum absolute atomic E-state index is 0.0193. The number of fused-ring (bicyclic) bond motifs is 2. The van der Waals surface area contributed by atoms with Gasteiger partial charge in [0.15, 0.2) is 15.8 Å². The minimum atomic E-state index is -0.900. The normalized spacial score (nSPS) is 17.4. The van der Waals surface area contributed by atoms with Crippen LogP contribution in [0.3, 0.4) is 0 Å². The molecule has 0 spiro atoms. The number of amides is 1. The summed E-state index contributed by atoms with van der Waals surface area (Å²) in [5, 5.41) is 23.0. The standard InChI is InChI=1S/C35H29N3O5S2/c1-20(2)21-10-12-23(13-11-21)30-29(31(39)24-14-15-27-28(18-24)43-17-16-42-27)32(40)33(41)38(30)34-36-37-35(45-34)44-19-25-8-5-7-22-6-3-4-9-26(22)25/h3-15,18,20,30,39H,16-17,19H2,1-2H3/t30-/m1/s1. The van der Waals surface area contributed by atoms with E-state index in [1.165, 1.54) is 38.9 Å². The third-order valence-electron chi connectivity index (χ3n) is 8.01. The molecular formula is C35H29N3O5S2. The molecule has 5 aromatic rings. The van der Waals surface area contributed by atoms with Gasteiger partial charge >= 0.3 is 5.91 Å². The maximum absolute atomic E-state index is 13.7. The van der Waals surface area contributed by atoms with Crippen LogP contribution in [0.2, 0.25) is 0 Å². The lowest BCUT2D eigenvalue weighted by Gasteiger charge is -2.23. The van der Waals surface area contributed by atoms with E-state index in [-0.39, 0.29) is 16.5 Å². The molecule has 0 saturated carbocycles. The topological polar surface area (TPSA) is 102 Å². The van der Waals surface area contributed by atoms with Crippen LogP contribution in [0.1, 0.15) is 48.1 Å². The summed E-state index contributed by atoms with van der Waals surface area (Å²) in [7, 11) is 0. The Morgan fingerprint density at radius 1 is 0.956 bits per heavy atom. The maximum atomic E-state index is 13.7. The van der Waals surface area contributed by atoms with Crippen LogP contribution in [0.25, 0.3) is 16.5 Å². The van der Waals surface area contributed by atoms with Gasteiger partial charge in [-0.2, -0.15) is 0 Å². The first-order valence-corrected chi connectivity index (χ1v) is 16.4. The highest BCUT2D eigenvalue weighted by molar-refractivity contribution is 8.00. The van der Waals surface area contributed by atoms with Gasteiger partial charge in [-0.1, -0.05) is 104 Å². The van der Waals surface area contributed by atoms with Crippen molar-refractivity contribution in [3.8, 4) is 11.5 Å². The molecule has 1 saturated heterocycles. The Morgan fingerprint density at radius 3 is 2.51 bits per heavy atom. The molecule has 8 nitrogen and oxygen atoms in total. The number of nitrogens with zero attached hydrogens (tertiary/aromatic N) is 3. The number of rotatable bonds is 7. The van der Waals surface area contributed by atoms with E-state index in [1.54, 1.807) is 18.2 Å². The highest BCUT2D eigenvalue weighted by Gasteiger charge is 2.48. The molecular weight excluding hydrogens is 607 g/mol. The zero-order valence-corrected chi connectivity index (χ0v) is 26.2. The third-order valence-corrected chi connectivity index (χ3v) is 10.1. The zero-order chi connectivity index (χ0) is 31.1. The molecule has 10 heteroatoms. The van der Waals surface area contributed by atoms with E-state index in [4.69, 9.17) is 9.47 Å². The van der Waals surface area contributed by atoms with Crippen LogP contribution in [0, 0.1) is 0 Å². The highest BCUT2D eigenvalue weighted by Crippen LogP contribution is 2.45. The van der Waals surface area contributed by atoms with Crippen LogP contribution in [0.15, 0.2) is 94.8 Å². The molecule has 0 unspecified atom stereocenters. The number of thioether (sulfide) groups is 1. The van der Waals surface area contributed by atoms with Crippen molar-refractivity contribution in [3.05, 3.63) is 113 Å². The fraction of sp³-hybridized carbons (Fsp3) is 0.200. The highest BCUT2D eigenvalue weighted by atomic mass is 32.2. The van der Waals surface area contributed by atoms with Crippen LogP contribution in [0.4, 0.5) is 5.13 Å². The molecule has 2 aliphatic rings. The number of aromatic nitrogens is 2. The van der Waals surface area contributed by atoms with Crippen molar-refractivity contribution in [2.24, 2.45) is 0 Å². The summed E-state index contributed by atoms with van der Waals surface area (Å²) in [6.07, 6.45) is 0. The predicted molar refractivity (Wildman–Crippen MR) is 176 cm³/mol. The fourth-order valence-corrected chi connectivity index (χ4v) is 7.54. The van der Waals surface area contributed by atoms with Crippen molar-refractivity contribution in [1.82, 2.24) is 10.2 Å².